The standard InChI is InChI=1S/C12H19NO/c1-5-8-13(9-6-2)10-11(4)12(14)7-3/h5-7,12,14H,1-4,8-10H2. The van der Waals surface area contributed by atoms with Crippen LogP contribution in [0.15, 0.2) is 50.1 Å². The zero-order chi connectivity index (χ0) is 11.0. The lowest BCUT2D eigenvalue weighted by molar-refractivity contribution is 0.240. The zero-order valence-corrected chi connectivity index (χ0v) is 8.65. The molecule has 0 aliphatic heterocycles. The van der Waals surface area contributed by atoms with E-state index in [9.17, 15) is 5.11 Å². The largest absolute Gasteiger partial charge is 0.385 e. The van der Waals surface area contributed by atoms with Crippen molar-refractivity contribution in [3.05, 3.63) is 50.1 Å². The molecule has 0 spiro atoms. The molecule has 0 amide bonds. The van der Waals surface area contributed by atoms with Crippen molar-refractivity contribution in [1.82, 2.24) is 4.90 Å². The van der Waals surface area contributed by atoms with Crippen LogP contribution in [0, 0.1) is 0 Å². The van der Waals surface area contributed by atoms with Crippen LogP contribution in [0.1, 0.15) is 0 Å². The van der Waals surface area contributed by atoms with Crippen LogP contribution in [0.3, 0.4) is 0 Å². The maximum absolute atomic E-state index is 9.42. The Morgan fingerprint density at radius 3 is 2.07 bits per heavy atom. The second-order valence-electron chi connectivity index (χ2n) is 3.11. The SMILES string of the molecule is C=CCN(CC=C)CC(=C)C(O)C=C. The van der Waals surface area contributed by atoms with Crippen molar-refractivity contribution in [3.8, 4) is 0 Å². The van der Waals surface area contributed by atoms with Gasteiger partial charge in [-0.25, -0.2) is 0 Å². The molecule has 0 aromatic rings. The average Bonchev–Trinajstić information content (AvgIpc) is 2.17. The van der Waals surface area contributed by atoms with Gasteiger partial charge in [0, 0.05) is 19.6 Å². The van der Waals surface area contributed by atoms with Crippen molar-refractivity contribution in [1.29, 1.82) is 0 Å². The predicted molar refractivity (Wildman–Crippen MR) is 62.2 cm³/mol. The van der Waals surface area contributed by atoms with E-state index in [0.29, 0.717) is 6.54 Å². The van der Waals surface area contributed by atoms with Gasteiger partial charge in [0.25, 0.3) is 0 Å². The van der Waals surface area contributed by atoms with Gasteiger partial charge < -0.3 is 5.11 Å². The Balaban J connectivity index is 4.13. The Labute approximate surface area is 86.5 Å². The van der Waals surface area contributed by atoms with Gasteiger partial charge in [-0.1, -0.05) is 24.8 Å². The van der Waals surface area contributed by atoms with E-state index in [1.165, 1.54) is 6.08 Å². The molecule has 0 aromatic carbocycles. The summed E-state index contributed by atoms with van der Waals surface area (Å²) in [6.45, 7) is 16.8. The lowest BCUT2D eigenvalue weighted by Gasteiger charge is -2.21. The maximum Gasteiger partial charge on any atom is 0.0939 e. The molecule has 2 nitrogen and oxygen atoms in total. The van der Waals surface area contributed by atoms with Gasteiger partial charge in [-0.05, 0) is 5.57 Å². The Morgan fingerprint density at radius 2 is 1.71 bits per heavy atom. The number of aliphatic hydroxyl groups excluding tert-OH is 1. The first-order valence-corrected chi connectivity index (χ1v) is 4.58. The van der Waals surface area contributed by atoms with Crippen LogP contribution >= 0.6 is 0 Å². The van der Waals surface area contributed by atoms with E-state index in [1.807, 2.05) is 12.2 Å². The van der Waals surface area contributed by atoms with E-state index in [4.69, 9.17) is 0 Å². The van der Waals surface area contributed by atoms with Crippen LogP contribution in [0.5, 0.6) is 0 Å². The fraction of sp³-hybridized carbons (Fsp3) is 0.333. The normalized spacial score (nSPS) is 12.1. The van der Waals surface area contributed by atoms with E-state index in [1.54, 1.807) is 0 Å². The third kappa shape index (κ3) is 4.80. The van der Waals surface area contributed by atoms with Crippen LogP contribution in [0.2, 0.25) is 0 Å². The van der Waals surface area contributed by atoms with Gasteiger partial charge in [0.1, 0.15) is 0 Å². The van der Waals surface area contributed by atoms with Crippen LogP contribution in [-0.2, 0) is 0 Å². The van der Waals surface area contributed by atoms with Crippen LogP contribution in [-0.4, -0.2) is 35.7 Å². The molecule has 0 heterocycles. The first-order valence-electron chi connectivity index (χ1n) is 4.58. The van der Waals surface area contributed by atoms with Gasteiger partial charge in [0.05, 0.1) is 6.10 Å². The number of nitrogens with zero attached hydrogens (tertiary/aromatic N) is 1. The van der Waals surface area contributed by atoms with E-state index in [2.05, 4.69) is 31.2 Å². The third-order valence-corrected chi connectivity index (χ3v) is 1.84. The van der Waals surface area contributed by atoms with Crippen molar-refractivity contribution in [2.24, 2.45) is 0 Å². The lowest BCUT2D eigenvalue weighted by Crippen LogP contribution is -2.28. The Kier molecular flexibility index (Phi) is 6.72. The minimum absolute atomic E-state index is 0.630. The molecule has 0 aliphatic carbocycles. The fourth-order valence-electron chi connectivity index (χ4n) is 1.12. The van der Waals surface area contributed by atoms with Gasteiger partial charge in [0.2, 0.25) is 0 Å². The predicted octanol–water partition coefficient (Wildman–Crippen LogP) is 1.76. The molecular formula is C12H19NO. The van der Waals surface area contributed by atoms with Gasteiger partial charge in [-0.15, -0.1) is 19.7 Å². The number of rotatable bonds is 8. The maximum atomic E-state index is 9.42. The quantitative estimate of drug-likeness (QED) is 0.594. The highest BCUT2D eigenvalue weighted by molar-refractivity contribution is 5.11. The molecule has 1 N–H and O–H groups in total. The third-order valence-electron chi connectivity index (χ3n) is 1.84. The minimum atomic E-state index is -0.632. The number of hydrogen-bond donors (Lipinski definition) is 1. The molecule has 78 valence electrons. The molecular weight excluding hydrogens is 174 g/mol. The molecule has 0 saturated carbocycles. The topological polar surface area (TPSA) is 23.5 Å². The van der Waals surface area contributed by atoms with Crippen molar-refractivity contribution in [2.75, 3.05) is 19.6 Å². The summed E-state index contributed by atoms with van der Waals surface area (Å²) in [7, 11) is 0. The number of hydrogen-bond acceptors (Lipinski definition) is 2. The molecule has 0 aliphatic rings. The summed E-state index contributed by atoms with van der Waals surface area (Å²) in [5.74, 6) is 0. The highest BCUT2D eigenvalue weighted by atomic mass is 16.3. The second-order valence-corrected chi connectivity index (χ2v) is 3.11. The molecule has 1 unspecified atom stereocenters. The highest BCUT2D eigenvalue weighted by Gasteiger charge is 2.08. The van der Waals surface area contributed by atoms with Crippen LogP contribution < -0.4 is 0 Å². The van der Waals surface area contributed by atoms with E-state index >= 15 is 0 Å². The Bertz CT molecular complexity index is 210. The molecule has 14 heavy (non-hydrogen) atoms. The molecule has 0 saturated heterocycles. The van der Waals surface area contributed by atoms with E-state index in [0.717, 1.165) is 18.7 Å². The smallest absolute Gasteiger partial charge is 0.0939 e. The first kappa shape index (κ1) is 12.9. The number of aliphatic hydroxyl groups is 1. The zero-order valence-electron chi connectivity index (χ0n) is 8.65. The first-order chi connectivity index (χ1) is 6.65. The van der Waals surface area contributed by atoms with Crippen molar-refractivity contribution >= 4 is 0 Å². The van der Waals surface area contributed by atoms with Crippen LogP contribution in [0.25, 0.3) is 0 Å². The Hall–Kier alpha value is -1.12. The molecule has 0 fully saturated rings. The summed E-state index contributed by atoms with van der Waals surface area (Å²) >= 11 is 0. The highest BCUT2D eigenvalue weighted by Crippen LogP contribution is 2.03. The molecule has 0 radical (unpaired) electrons. The monoisotopic (exact) mass is 193 g/mol. The van der Waals surface area contributed by atoms with Gasteiger partial charge in [-0.3, -0.25) is 4.90 Å². The summed E-state index contributed by atoms with van der Waals surface area (Å²) in [4.78, 5) is 2.08. The molecule has 1 atom stereocenters. The molecule has 0 rings (SSSR count). The fourth-order valence-corrected chi connectivity index (χ4v) is 1.12. The minimum Gasteiger partial charge on any atom is -0.385 e. The van der Waals surface area contributed by atoms with Gasteiger partial charge in [-0.2, -0.15) is 0 Å². The van der Waals surface area contributed by atoms with Gasteiger partial charge in [0.15, 0.2) is 0 Å². The molecule has 2 heteroatoms. The molecule has 0 aromatic heterocycles. The van der Waals surface area contributed by atoms with E-state index < -0.39 is 6.10 Å². The lowest BCUT2D eigenvalue weighted by atomic mass is 10.1. The van der Waals surface area contributed by atoms with Crippen molar-refractivity contribution in [2.45, 2.75) is 6.10 Å². The second kappa shape index (κ2) is 7.30. The van der Waals surface area contributed by atoms with E-state index in [-0.39, 0.29) is 0 Å². The summed E-state index contributed by atoms with van der Waals surface area (Å²) in [6, 6.07) is 0. The van der Waals surface area contributed by atoms with Crippen LogP contribution in [0.4, 0.5) is 0 Å². The van der Waals surface area contributed by atoms with Crippen molar-refractivity contribution in [3.63, 3.8) is 0 Å². The summed E-state index contributed by atoms with van der Waals surface area (Å²) in [5.41, 5.74) is 0.740. The average molecular weight is 193 g/mol. The molecule has 0 bridgehead atoms. The van der Waals surface area contributed by atoms with Crippen molar-refractivity contribution < 1.29 is 5.11 Å². The summed E-state index contributed by atoms with van der Waals surface area (Å²) in [5, 5.41) is 9.42. The van der Waals surface area contributed by atoms with Gasteiger partial charge >= 0.3 is 0 Å². The summed E-state index contributed by atoms with van der Waals surface area (Å²) < 4.78 is 0. The Morgan fingerprint density at radius 1 is 1.21 bits per heavy atom. The summed E-state index contributed by atoms with van der Waals surface area (Å²) in [6.07, 6.45) is 4.48.